The maximum Gasteiger partial charge on any atom is 0.306 e. The van der Waals surface area contributed by atoms with Crippen LogP contribution in [0.25, 0.3) is 5.57 Å². The van der Waals surface area contributed by atoms with E-state index < -0.39 is 5.97 Å². The van der Waals surface area contributed by atoms with Crippen molar-refractivity contribution in [3.8, 4) is 11.5 Å². The van der Waals surface area contributed by atoms with E-state index in [-0.39, 0.29) is 31.4 Å². The lowest BCUT2D eigenvalue weighted by atomic mass is 9.90. The van der Waals surface area contributed by atoms with Gasteiger partial charge in [-0.2, -0.15) is 0 Å². The standard InChI is InChI=1S/C23H22FNO5/c24-16-5-3-15(4-6-16)22-18-13-17(29-12-9-21(26)27)7-8-20(18)30-14-19(22)23(28)25-10-1-2-11-25/h3-8,13H,1-2,9-12,14H2,(H,26,27). The number of fused-ring (bicyclic) bond motifs is 1. The second-order valence-corrected chi connectivity index (χ2v) is 7.30. The minimum absolute atomic E-state index is 0.0319. The monoisotopic (exact) mass is 411 g/mol. The number of hydrogen-bond acceptors (Lipinski definition) is 4. The minimum atomic E-state index is -0.943. The molecule has 0 aromatic heterocycles. The van der Waals surface area contributed by atoms with Crippen molar-refractivity contribution in [2.45, 2.75) is 19.3 Å². The van der Waals surface area contributed by atoms with E-state index in [4.69, 9.17) is 14.6 Å². The first-order valence-electron chi connectivity index (χ1n) is 9.93. The Morgan fingerprint density at radius 2 is 1.83 bits per heavy atom. The molecule has 0 spiro atoms. The van der Waals surface area contributed by atoms with E-state index >= 15 is 0 Å². The van der Waals surface area contributed by atoms with Gasteiger partial charge in [0.05, 0.1) is 18.6 Å². The predicted molar refractivity (Wildman–Crippen MR) is 108 cm³/mol. The average Bonchev–Trinajstić information content (AvgIpc) is 3.28. The summed E-state index contributed by atoms with van der Waals surface area (Å²) in [6.07, 6.45) is 1.83. The molecule has 156 valence electrons. The average molecular weight is 411 g/mol. The molecule has 0 radical (unpaired) electrons. The van der Waals surface area contributed by atoms with Crippen molar-refractivity contribution in [3.05, 3.63) is 65.0 Å². The van der Waals surface area contributed by atoms with Gasteiger partial charge in [-0.1, -0.05) is 12.1 Å². The highest BCUT2D eigenvalue weighted by atomic mass is 19.1. The second kappa shape index (κ2) is 8.57. The molecule has 0 atom stereocenters. The van der Waals surface area contributed by atoms with Crippen LogP contribution in [0.3, 0.4) is 0 Å². The van der Waals surface area contributed by atoms with Gasteiger partial charge in [0.25, 0.3) is 5.91 Å². The molecule has 6 nitrogen and oxygen atoms in total. The zero-order valence-electron chi connectivity index (χ0n) is 16.4. The van der Waals surface area contributed by atoms with Crippen LogP contribution in [0.15, 0.2) is 48.0 Å². The number of amides is 1. The van der Waals surface area contributed by atoms with E-state index in [2.05, 4.69) is 0 Å². The van der Waals surface area contributed by atoms with Gasteiger partial charge in [-0.15, -0.1) is 0 Å². The zero-order valence-corrected chi connectivity index (χ0v) is 16.4. The minimum Gasteiger partial charge on any atom is -0.493 e. The fourth-order valence-corrected chi connectivity index (χ4v) is 3.79. The highest BCUT2D eigenvalue weighted by molar-refractivity contribution is 6.06. The summed E-state index contributed by atoms with van der Waals surface area (Å²) in [4.78, 5) is 25.8. The van der Waals surface area contributed by atoms with Crippen molar-refractivity contribution in [2.75, 3.05) is 26.3 Å². The summed E-state index contributed by atoms with van der Waals surface area (Å²) >= 11 is 0. The van der Waals surface area contributed by atoms with Gasteiger partial charge in [0.1, 0.15) is 23.9 Å². The van der Waals surface area contributed by atoms with Gasteiger partial charge in [0.15, 0.2) is 0 Å². The fourth-order valence-electron chi connectivity index (χ4n) is 3.79. The third-order valence-corrected chi connectivity index (χ3v) is 5.26. The summed E-state index contributed by atoms with van der Waals surface area (Å²) in [5, 5.41) is 8.82. The SMILES string of the molecule is O=C(O)CCOc1ccc2c(c1)C(c1ccc(F)cc1)=C(C(=O)N1CCCC1)CO2. The summed E-state index contributed by atoms with van der Waals surface area (Å²) < 4.78 is 25.0. The van der Waals surface area contributed by atoms with Crippen LogP contribution < -0.4 is 9.47 Å². The molecule has 2 aliphatic heterocycles. The molecular formula is C23H22FNO5. The molecule has 2 aromatic rings. The van der Waals surface area contributed by atoms with Gasteiger partial charge in [-0.05, 0) is 48.7 Å². The van der Waals surface area contributed by atoms with Gasteiger partial charge in [0.2, 0.25) is 0 Å². The van der Waals surface area contributed by atoms with Gasteiger partial charge >= 0.3 is 5.97 Å². The molecule has 2 aliphatic rings. The predicted octanol–water partition coefficient (Wildman–Crippen LogP) is 3.50. The first kappa shape index (κ1) is 19.9. The van der Waals surface area contributed by atoms with Gasteiger partial charge in [-0.25, -0.2) is 4.39 Å². The number of halogens is 1. The molecule has 2 heterocycles. The third kappa shape index (κ3) is 4.15. The van der Waals surface area contributed by atoms with Crippen molar-refractivity contribution in [2.24, 2.45) is 0 Å². The lowest BCUT2D eigenvalue weighted by Crippen LogP contribution is -2.33. The molecule has 0 aliphatic carbocycles. The van der Waals surface area contributed by atoms with Crippen LogP contribution in [-0.4, -0.2) is 48.2 Å². The quantitative estimate of drug-likeness (QED) is 0.788. The largest absolute Gasteiger partial charge is 0.493 e. The zero-order chi connectivity index (χ0) is 21.1. The van der Waals surface area contributed by atoms with Crippen molar-refractivity contribution in [1.82, 2.24) is 4.90 Å². The van der Waals surface area contributed by atoms with E-state index in [9.17, 15) is 14.0 Å². The molecule has 0 bridgehead atoms. The Morgan fingerprint density at radius 1 is 1.10 bits per heavy atom. The van der Waals surface area contributed by atoms with E-state index in [0.717, 1.165) is 12.8 Å². The number of carbonyl (C=O) groups excluding carboxylic acids is 1. The Labute approximate surface area is 173 Å². The number of likely N-dealkylation sites (tertiary alicyclic amines) is 1. The van der Waals surface area contributed by atoms with Crippen LogP contribution in [0.4, 0.5) is 4.39 Å². The highest BCUT2D eigenvalue weighted by Gasteiger charge is 2.30. The first-order chi connectivity index (χ1) is 14.5. The molecule has 0 unspecified atom stereocenters. The molecular weight excluding hydrogens is 389 g/mol. The van der Waals surface area contributed by atoms with Crippen LogP contribution in [0.2, 0.25) is 0 Å². The topological polar surface area (TPSA) is 76.1 Å². The number of carboxylic acid groups (broad SMARTS) is 1. The molecule has 0 saturated carbocycles. The number of aliphatic carboxylic acids is 1. The summed E-state index contributed by atoms with van der Waals surface area (Å²) in [6, 6.07) is 11.2. The van der Waals surface area contributed by atoms with Crippen LogP contribution in [-0.2, 0) is 9.59 Å². The van der Waals surface area contributed by atoms with Gasteiger partial charge < -0.3 is 19.5 Å². The molecule has 2 aromatic carbocycles. The Hall–Kier alpha value is -3.35. The first-order valence-corrected chi connectivity index (χ1v) is 9.93. The van der Waals surface area contributed by atoms with Crippen molar-refractivity contribution in [1.29, 1.82) is 0 Å². The Kier molecular flexibility index (Phi) is 5.70. The van der Waals surface area contributed by atoms with Crippen LogP contribution in [0.1, 0.15) is 30.4 Å². The van der Waals surface area contributed by atoms with Gasteiger partial charge in [0, 0.05) is 24.2 Å². The van der Waals surface area contributed by atoms with Crippen LogP contribution in [0, 0.1) is 5.82 Å². The Morgan fingerprint density at radius 3 is 2.53 bits per heavy atom. The molecule has 30 heavy (non-hydrogen) atoms. The Balaban J connectivity index is 1.76. The summed E-state index contributed by atoms with van der Waals surface area (Å²) in [7, 11) is 0. The summed E-state index contributed by atoms with van der Waals surface area (Å²) in [5.74, 6) is -0.299. The van der Waals surface area contributed by atoms with E-state index in [1.54, 1.807) is 30.3 Å². The second-order valence-electron chi connectivity index (χ2n) is 7.30. The molecule has 4 rings (SSSR count). The number of carbonyl (C=O) groups is 2. The van der Waals surface area contributed by atoms with Crippen LogP contribution in [0.5, 0.6) is 11.5 Å². The summed E-state index contributed by atoms with van der Waals surface area (Å²) in [5.41, 5.74) is 2.60. The number of nitrogens with zero attached hydrogens (tertiary/aromatic N) is 1. The van der Waals surface area contributed by atoms with Crippen molar-refractivity contribution < 1.29 is 28.6 Å². The number of hydrogen-bond donors (Lipinski definition) is 1. The molecule has 7 heteroatoms. The number of rotatable bonds is 6. The van der Waals surface area contributed by atoms with E-state index in [0.29, 0.717) is 46.9 Å². The maximum atomic E-state index is 13.5. The van der Waals surface area contributed by atoms with Gasteiger partial charge in [-0.3, -0.25) is 9.59 Å². The maximum absolute atomic E-state index is 13.5. The lowest BCUT2D eigenvalue weighted by molar-refractivity contribution is -0.137. The molecule has 1 N–H and O–H groups in total. The highest BCUT2D eigenvalue weighted by Crippen LogP contribution is 2.40. The normalized spacial score (nSPS) is 15.6. The van der Waals surface area contributed by atoms with Crippen molar-refractivity contribution >= 4 is 17.4 Å². The smallest absolute Gasteiger partial charge is 0.306 e. The van der Waals surface area contributed by atoms with E-state index in [1.165, 1.54) is 12.1 Å². The lowest BCUT2D eigenvalue weighted by Gasteiger charge is -2.27. The number of benzene rings is 2. The number of carboxylic acids is 1. The third-order valence-electron chi connectivity index (χ3n) is 5.26. The molecule has 1 saturated heterocycles. The van der Waals surface area contributed by atoms with Crippen molar-refractivity contribution in [3.63, 3.8) is 0 Å². The van der Waals surface area contributed by atoms with E-state index in [1.807, 2.05) is 4.90 Å². The van der Waals surface area contributed by atoms with Crippen LogP contribution >= 0.6 is 0 Å². The summed E-state index contributed by atoms with van der Waals surface area (Å²) in [6.45, 7) is 1.59. The Bertz CT molecular complexity index is 993. The fraction of sp³-hybridized carbons (Fsp3) is 0.304. The number of ether oxygens (including phenoxy) is 2. The molecule has 1 amide bonds. The molecule has 1 fully saturated rings.